The second-order valence-corrected chi connectivity index (χ2v) is 2.64. The summed E-state index contributed by atoms with van der Waals surface area (Å²) < 4.78 is 1.79. The van der Waals surface area contributed by atoms with E-state index >= 15 is 0 Å². The Morgan fingerprint density at radius 1 is 1.83 bits per heavy atom. The highest BCUT2D eigenvalue weighted by Crippen LogP contribution is 1.95. The average molecular weight is 168 g/mol. The van der Waals surface area contributed by atoms with E-state index in [1.165, 1.54) is 0 Å². The number of aromatic nitrogens is 2. The summed E-state index contributed by atoms with van der Waals surface area (Å²) >= 11 is 0. The maximum absolute atomic E-state index is 10.6. The molecule has 0 aromatic carbocycles. The lowest BCUT2D eigenvalue weighted by Crippen LogP contribution is -2.39. The van der Waals surface area contributed by atoms with E-state index in [9.17, 15) is 4.79 Å². The zero-order valence-electron chi connectivity index (χ0n) is 6.90. The van der Waals surface area contributed by atoms with Gasteiger partial charge in [-0.1, -0.05) is 0 Å². The van der Waals surface area contributed by atoms with Crippen molar-refractivity contribution in [1.82, 2.24) is 9.55 Å². The fraction of sp³-hybridized carbons (Fsp3) is 0.429. The fourth-order valence-corrected chi connectivity index (χ4v) is 0.899. The van der Waals surface area contributed by atoms with Crippen LogP contribution in [0.1, 0.15) is 5.82 Å². The van der Waals surface area contributed by atoms with Gasteiger partial charge in [-0.25, -0.2) is 4.98 Å². The molecule has 1 unspecified atom stereocenters. The lowest BCUT2D eigenvalue weighted by atomic mass is 10.3. The van der Waals surface area contributed by atoms with Gasteiger partial charge in [0.1, 0.15) is 11.9 Å². The van der Waals surface area contributed by atoms with Gasteiger partial charge in [0.05, 0.1) is 0 Å². The predicted octanol–water partition coefficient (Wildman–Crippen LogP) is -0.996. The van der Waals surface area contributed by atoms with Gasteiger partial charge in [0.2, 0.25) is 5.91 Å². The third-order valence-corrected chi connectivity index (χ3v) is 1.68. The van der Waals surface area contributed by atoms with E-state index < -0.39 is 11.9 Å². The molecule has 0 aliphatic rings. The summed E-state index contributed by atoms with van der Waals surface area (Å²) in [4.78, 5) is 14.6. The second kappa shape index (κ2) is 3.36. The van der Waals surface area contributed by atoms with Crippen molar-refractivity contribution in [2.45, 2.75) is 19.5 Å². The molecule has 5 nitrogen and oxygen atoms in total. The number of nitrogens with zero attached hydrogens (tertiary/aromatic N) is 2. The smallest absolute Gasteiger partial charge is 0.236 e. The molecule has 0 fully saturated rings. The van der Waals surface area contributed by atoms with E-state index in [2.05, 4.69) is 4.98 Å². The van der Waals surface area contributed by atoms with Gasteiger partial charge in [0.15, 0.2) is 0 Å². The first-order chi connectivity index (χ1) is 5.61. The van der Waals surface area contributed by atoms with E-state index in [-0.39, 0.29) is 0 Å². The zero-order chi connectivity index (χ0) is 9.14. The van der Waals surface area contributed by atoms with Crippen LogP contribution in [-0.2, 0) is 11.3 Å². The third-order valence-electron chi connectivity index (χ3n) is 1.68. The Morgan fingerprint density at radius 2 is 2.50 bits per heavy atom. The Labute approximate surface area is 70.4 Å². The molecule has 12 heavy (non-hydrogen) atoms. The highest BCUT2D eigenvalue weighted by atomic mass is 16.1. The molecule has 1 aromatic rings. The number of hydrogen-bond donors (Lipinski definition) is 2. The normalized spacial score (nSPS) is 12.8. The average Bonchev–Trinajstić information content (AvgIpc) is 2.36. The second-order valence-electron chi connectivity index (χ2n) is 2.64. The lowest BCUT2D eigenvalue weighted by molar-refractivity contribution is -0.119. The minimum atomic E-state index is -0.641. The molecular formula is C7H12N4O. The molecule has 1 rings (SSSR count). The molecule has 1 heterocycles. The van der Waals surface area contributed by atoms with Gasteiger partial charge < -0.3 is 16.0 Å². The molecular weight excluding hydrogens is 156 g/mol. The highest BCUT2D eigenvalue weighted by molar-refractivity contribution is 5.79. The minimum absolute atomic E-state index is 0.390. The number of carbonyl (C=O) groups excluding carboxylic acids is 1. The quantitative estimate of drug-likeness (QED) is 0.607. The molecule has 0 aliphatic carbocycles. The molecule has 0 saturated heterocycles. The van der Waals surface area contributed by atoms with E-state index in [4.69, 9.17) is 11.5 Å². The maximum atomic E-state index is 10.6. The lowest BCUT2D eigenvalue weighted by Gasteiger charge is -2.08. The van der Waals surface area contributed by atoms with Crippen molar-refractivity contribution < 1.29 is 4.79 Å². The van der Waals surface area contributed by atoms with Crippen LogP contribution in [-0.4, -0.2) is 21.5 Å². The van der Waals surface area contributed by atoms with Crippen LogP contribution >= 0.6 is 0 Å². The summed E-state index contributed by atoms with van der Waals surface area (Å²) in [6, 6.07) is -0.641. The van der Waals surface area contributed by atoms with Crippen LogP contribution < -0.4 is 11.5 Å². The SMILES string of the molecule is Cc1nccn1CC(N)C(N)=O. The first-order valence-corrected chi connectivity index (χ1v) is 3.64. The Hall–Kier alpha value is -1.36. The van der Waals surface area contributed by atoms with Crippen molar-refractivity contribution in [2.24, 2.45) is 11.5 Å². The van der Waals surface area contributed by atoms with Crippen molar-refractivity contribution in [3.05, 3.63) is 18.2 Å². The van der Waals surface area contributed by atoms with Crippen molar-refractivity contribution in [3.63, 3.8) is 0 Å². The monoisotopic (exact) mass is 168 g/mol. The molecule has 0 saturated carbocycles. The van der Waals surface area contributed by atoms with Gasteiger partial charge in [0, 0.05) is 18.9 Å². The molecule has 1 aromatic heterocycles. The van der Waals surface area contributed by atoms with Crippen LogP contribution in [0.25, 0.3) is 0 Å². The third kappa shape index (κ3) is 1.82. The van der Waals surface area contributed by atoms with Gasteiger partial charge in [-0.05, 0) is 6.92 Å². The van der Waals surface area contributed by atoms with E-state index in [0.717, 1.165) is 5.82 Å². The van der Waals surface area contributed by atoms with Crippen LogP contribution in [0.3, 0.4) is 0 Å². The number of hydrogen-bond acceptors (Lipinski definition) is 3. The van der Waals surface area contributed by atoms with Crippen molar-refractivity contribution in [3.8, 4) is 0 Å². The Bertz CT molecular complexity index is 281. The van der Waals surface area contributed by atoms with E-state index in [0.29, 0.717) is 6.54 Å². The molecule has 1 amide bonds. The maximum Gasteiger partial charge on any atom is 0.236 e. The molecule has 0 bridgehead atoms. The summed E-state index contributed by atoms with van der Waals surface area (Å²) in [7, 11) is 0. The van der Waals surface area contributed by atoms with Crippen LogP contribution in [0.2, 0.25) is 0 Å². The van der Waals surface area contributed by atoms with Crippen molar-refractivity contribution >= 4 is 5.91 Å². The summed E-state index contributed by atoms with van der Waals surface area (Å²) in [5, 5.41) is 0. The van der Waals surface area contributed by atoms with Gasteiger partial charge in [-0.15, -0.1) is 0 Å². The zero-order valence-corrected chi connectivity index (χ0v) is 6.90. The van der Waals surface area contributed by atoms with Crippen molar-refractivity contribution in [1.29, 1.82) is 0 Å². The van der Waals surface area contributed by atoms with E-state index in [1.54, 1.807) is 17.0 Å². The number of aryl methyl sites for hydroxylation is 1. The Kier molecular flexibility index (Phi) is 2.44. The molecule has 0 spiro atoms. The fourth-order valence-electron chi connectivity index (χ4n) is 0.899. The standard InChI is InChI=1S/C7H12N4O/c1-5-10-2-3-11(5)4-6(8)7(9)12/h2-3,6H,4,8H2,1H3,(H2,9,12). The largest absolute Gasteiger partial charge is 0.368 e. The molecule has 66 valence electrons. The minimum Gasteiger partial charge on any atom is -0.368 e. The molecule has 4 N–H and O–H groups in total. The summed E-state index contributed by atoms with van der Waals surface area (Å²) in [5.41, 5.74) is 10.5. The highest BCUT2D eigenvalue weighted by Gasteiger charge is 2.10. The van der Waals surface area contributed by atoms with Crippen LogP contribution in [0, 0.1) is 6.92 Å². The molecule has 0 aliphatic heterocycles. The van der Waals surface area contributed by atoms with Crippen LogP contribution in [0.15, 0.2) is 12.4 Å². The topological polar surface area (TPSA) is 86.9 Å². The van der Waals surface area contributed by atoms with Crippen molar-refractivity contribution in [2.75, 3.05) is 0 Å². The number of carbonyl (C=O) groups is 1. The molecule has 5 heteroatoms. The first-order valence-electron chi connectivity index (χ1n) is 3.64. The molecule has 0 radical (unpaired) electrons. The molecule has 1 atom stereocenters. The predicted molar refractivity (Wildman–Crippen MR) is 44.1 cm³/mol. The number of imidazole rings is 1. The van der Waals surface area contributed by atoms with Gasteiger partial charge in [-0.3, -0.25) is 4.79 Å². The summed E-state index contributed by atoms with van der Waals surface area (Å²) in [6.45, 7) is 2.23. The first kappa shape index (κ1) is 8.73. The number of primary amides is 1. The van der Waals surface area contributed by atoms with Gasteiger partial charge in [0.25, 0.3) is 0 Å². The Balaban J connectivity index is 2.64. The summed E-state index contributed by atoms with van der Waals surface area (Å²) in [6.07, 6.45) is 3.42. The van der Waals surface area contributed by atoms with E-state index in [1.807, 2.05) is 6.92 Å². The van der Waals surface area contributed by atoms with Gasteiger partial charge in [-0.2, -0.15) is 0 Å². The van der Waals surface area contributed by atoms with Crippen LogP contribution in [0.5, 0.6) is 0 Å². The summed E-state index contributed by atoms with van der Waals surface area (Å²) in [5.74, 6) is 0.329. The van der Waals surface area contributed by atoms with Crippen LogP contribution in [0.4, 0.5) is 0 Å². The number of amides is 1. The van der Waals surface area contributed by atoms with Gasteiger partial charge >= 0.3 is 0 Å². The Morgan fingerprint density at radius 3 is 2.92 bits per heavy atom. The number of nitrogens with two attached hydrogens (primary N) is 2. The number of rotatable bonds is 3.